The molecule has 0 fully saturated rings. The summed E-state index contributed by atoms with van der Waals surface area (Å²) in [5.74, 6) is -0.0372. The van der Waals surface area contributed by atoms with Crippen LogP contribution in [0.25, 0.3) is 0 Å². The molecular formula is C17H23ClN4O2. The molecule has 1 amide bonds. The number of amides is 1. The average Bonchev–Trinajstić information content (AvgIpc) is 2.97. The van der Waals surface area contributed by atoms with E-state index in [2.05, 4.69) is 5.10 Å². The van der Waals surface area contributed by atoms with E-state index < -0.39 is 0 Å². The highest BCUT2D eigenvalue weighted by molar-refractivity contribution is 6.30. The third-order valence-corrected chi connectivity index (χ3v) is 4.72. The fraction of sp³-hybridized carbons (Fsp3) is 0.529. The maximum atomic E-state index is 13.0. The zero-order valence-electron chi connectivity index (χ0n) is 14.7. The Kier molecular flexibility index (Phi) is 4.44. The van der Waals surface area contributed by atoms with Crippen LogP contribution in [0, 0.1) is 0 Å². The fourth-order valence-corrected chi connectivity index (χ4v) is 3.62. The summed E-state index contributed by atoms with van der Waals surface area (Å²) in [5.41, 5.74) is 3.51. The van der Waals surface area contributed by atoms with E-state index in [0.29, 0.717) is 23.7 Å². The molecule has 0 spiro atoms. The molecule has 3 rings (SSSR count). The van der Waals surface area contributed by atoms with Crippen molar-refractivity contribution in [1.82, 2.24) is 19.2 Å². The zero-order valence-corrected chi connectivity index (χ0v) is 15.5. The van der Waals surface area contributed by atoms with Crippen molar-refractivity contribution in [1.29, 1.82) is 0 Å². The van der Waals surface area contributed by atoms with Crippen molar-refractivity contribution in [3.63, 3.8) is 0 Å². The molecule has 2 aromatic heterocycles. The number of hydrogen-bond donors (Lipinski definition) is 0. The van der Waals surface area contributed by atoms with E-state index in [9.17, 15) is 4.79 Å². The molecule has 1 aliphatic rings. The minimum absolute atomic E-state index is 0.0372. The number of rotatable bonds is 3. The Morgan fingerprint density at radius 3 is 2.79 bits per heavy atom. The second-order valence-corrected chi connectivity index (χ2v) is 6.99. The SMILES string of the molecule is C[C@@H]1Cc2c(nn(C)c2C(=O)N(C)Cc2cc(Cl)cn2C)[C@H](C)O1. The van der Waals surface area contributed by atoms with E-state index in [-0.39, 0.29) is 18.1 Å². The van der Waals surface area contributed by atoms with Crippen molar-refractivity contribution in [2.24, 2.45) is 14.1 Å². The van der Waals surface area contributed by atoms with Gasteiger partial charge in [-0.2, -0.15) is 5.10 Å². The van der Waals surface area contributed by atoms with E-state index in [1.165, 1.54) is 0 Å². The second-order valence-electron chi connectivity index (χ2n) is 6.55. The Morgan fingerprint density at radius 1 is 1.46 bits per heavy atom. The van der Waals surface area contributed by atoms with Crippen molar-refractivity contribution in [2.75, 3.05) is 7.05 Å². The molecule has 2 atom stereocenters. The first-order chi connectivity index (χ1) is 11.3. The predicted octanol–water partition coefficient (Wildman–Crippen LogP) is 2.71. The smallest absolute Gasteiger partial charge is 0.272 e. The maximum absolute atomic E-state index is 13.0. The van der Waals surface area contributed by atoms with E-state index in [1.807, 2.05) is 44.8 Å². The van der Waals surface area contributed by atoms with Gasteiger partial charge in [0.1, 0.15) is 5.69 Å². The van der Waals surface area contributed by atoms with Crippen molar-refractivity contribution in [2.45, 2.75) is 39.0 Å². The quantitative estimate of drug-likeness (QED) is 0.855. The number of hydrogen-bond acceptors (Lipinski definition) is 3. The monoisotopic (exact) mass is 350 g/mol. The van der Waals surface area contributed by atoms with Crippen LogP contribution in [0.5, 0.6) is 0 Å². The van der Waals surface area contributed by atoms with Crippen LogP contribution in [0.2, 0.25) is 5.02 Å². The van der Waals surface area contributed by atoms with E-state index in [1.54, 1.807) is 16.6 Å². The molecule has 1 aliphatic heterocycles. The highest BCUT2D eigenvalue weighted by Gasteiger charge is 2.32. The Bertz CT molecular complexity index is 780. The molecule has 0 saturated heterocycles. The second kappa shape index (κ2) is 6.26. The summed E-state index contributed by atoms with van der Waals surface area (Å²) < 4.78 is 9.43. The first-order valence-corrected chi connectivity index (χ1v) is 8.43. The highest BCUT2D eigenvalue weighted by Crippen LogP contribution is 2.31. The number of aryl methyl sites for hydroxylation is 2. The van der Waals surface area contributed by atoms with Gasteiger partial charge in [-0.05, 0) is 19.9 Å². The van der Waals surface area contributed by atoms with Gasteiger partial charge in [0, 0.05) is 45.0 Å². The van der Waals surface area contributed by atoms with Crippen LogP contribution in [0.1, 0.15) is 47.4 Å². The first kappa shape index (κ1) is 17.0. The lowest BCUT2D eigenvalue weighted by Crippen LogP contribution is -2.31. The number of halogens is 1. The van der Waals surface area contributed by atoms with Gasteiger partial charge in [-0.3, -0.25) is 9.48 Å². The summed E-state index contributed by atoms with van der Waals surface area (Å²) in [5, 5.41) is 5.19. The summed E-state index contributed by atoms with van der Waals surface area (Å²) >= 11 is 6.03. The van der Waals surface area contributed by atoms with E-state index in [0.717, 1.165) is 17.0 Å². The molecule has 6 nitrogen and oxygen atoms in total. The summed E-state index contributed by atoms with van der Waals surface area (Å²) in [6.45, 7) is 4.49. The van der Waals surface area contributed by atoms with Gasteiger partial charge in [-0.25, -0.2) is 0 Å². The predicted molar refractivity (Wildman–Crippen MR) is 92.1 cm³/mol. The molecule has 0 aliphatic carbocycles. The van der Waals surface area contributed by atoms with Crippen molar-refractivity contribution < 1.29 is 9.53 Å². The lowest BCUT2D eigenvalue weighted by atomic mass is 9.99. The molecule has 0 bridgehead atoms. The fourth-order valence-electron chi connectivity index (χ4n) is 3.35. The molecular weight excluding hydrogens is 328 g/mol. The Labute approximate surface area is 146 Å². The van der Waals surface area contributed by atoms with Gasteiger partial charge >= 0.3 is 0 Å². The molecule has 130 valence electrons. The van der Waals surface area contributed by atoms with Crippen molar-refractivity contribution >= 4 is 17.5 Å². The average molecular weight is 351 g/mol. The zero-order chi connectivity index (χ0) is 17.6. The molecule has 0 aromatic carbocycles. The van der Waals surface area contributed by atoms with Gasteiger partial charge in [0.25, 0.3) is 5.91 Å². The Morgan fingerprint density at radius 2 is 2.17 bits per heavy atom. The number of fused-ring (bicyclic) bond motifs is 1. The Hall–Kier alpha value is -1.79. The van der Waals surface area contributed by atoms with Crippen LogP contribution >= 0.6 is 11.6 Å². The number of aromatic nitrogens is 3. The summed E-state index contributed by atoms with van der Waals surface area (Å²) in [4.78, 5) is 14.7. The standard InChI is InChI=1S/C17H23ClN4O2/c1-10-6-14-15(11(2)24-10)19-22(5)16(14)17(23)21(4)9-13-7-12(18)8-20(13)3/h7-8,10-11H,6,9H2,1-5H3/t10-,11+/m1/s1. The van der Waals surface area contributed by atoms with Crippen LogP contribution in [0.15, 0.2) is 12.3 Å². The largest absolute Gasteiger partial charge is 0.369 e. The van der Waals surface area contributed by atoms with Gasteiger partial charge in [-0.1, -0.05) is 11.6 Å². The molecule has 2 aromatic rings. The van der Waals surface area contributed by atoms with Gasteiger partial charge < -0.3 is 14.2 Å². The lowest BCUT2D eigenvalue weighted by molar-refractivity contribution is -0.00713. The molecule has 0 radical (unpaired) electrons. The van der Waals surface area contributed by atoms with Crippen LogP contribution in [-0.2, 0) is 31.8 Å². The van der Waals surface area contributed by atoms with E-state index in [4.69, 9.17) is 16.3 Å². The topological polar surface area (TPSA) is 52.3 Å². The number of carbonyl (C=O) groups excluding carboxylic acids is 1. The molecule has 0 N–H and O–H groups in total. The number of nitrogens with zero attached hydrogens (tertiary/aromatic N) is 4. The van der Waals surface area contributed by atoms with Crippen molar-refractivity contribution in [3.05, 3.63) is 39.9 Å². The molecule has 7 heteroatoms. The summed E-state index contributed by atoms with van der Waals surface area (Å²) in [6, 6.07) is 1.88. The third-order valence-electron chi connectivity index (χ3n) is 4.51. The summed E-state index contributed by atoms with van der Waals surface area (Å²) in [7, 11) is 5.54. The molecule has 0 saturated carbocycles. The van der Waals surface area contributed by atoms with Crippen LogP contribution in [0.3, 0.4) is 0 Å². The van der Waals surface area contributed by atoms with Crippen LogP contribution < -0.4 is 0 Å². The normalized spacial score (nSPS) is 20.1. The van der Waals surface area contributed by atoms with Gasteiger partial charge in [-0.15, -0.1) is 0 Å². The molecule has 24 heavy (non-hydrogen) atoms. The number of ether oxygens (including phenoxy) is 1. The van der Waals surface area contributed by atoms with Crippen LogP contribution in [-0.4, -0.2) is 38.3 Å². The molecule has 3 heterocycles. The van der Waals surface area contributed by atoms with Crippen LogP contribution in [0.4, 0.5) is 0 Å². The number of carbonyl (C=O) groups is 1. The van der Waals surface area contributed by atoms with Gasteiger partial charge in [0.05, 0.1) is 29.5 Å². The minimum Gasteiger partial charge on any atom is -0.369 e. The van der Waals surface area contributed by atoms with Gasteiger partial charge in [0.15, 0.2) is 0 Å². The lowest BCUT2D eigenvalue weighted by Gasteiger charge is -2.25. The van der Waals surface area contributed by atoms with Gasteiger partial charge in [0.2, 0.25) is 0 Å². The maximum Gasteiger partial charge on any atom is 0.272 e. The Balaban J connectivity index is 1.89. The third kappa shape index (κ3) is 2.96. The summed E-state index contributed by atoms with van der Waals surface area (Å²) in [6.07, 6.45) is 2.54. The van der Waals surface area contributed by atoms with Crippen molar-refractivity contribution in [3.8, 4) is 0 Å². The van der Waals surface area contributed by atoms with E-state index >= 15 is 0 Å². The minimum atomic E-state index is -0.0894. The highest BCUT2D eigenvalue weighted by atomic mass is 35.5. The first-order valence-electron chi connectivity index (χ1n) is 8.05. The molecule has 0 unspecified atom stereocenters.